The van der Waals surface area contributed by atoms with Crippen molar-refractivity contribution in [2.45, 2.75) is 32.2 Å². The van der Waals surface area contributed by atoms with Crippen molar-refractivity contribution in [2.24, 2.45) is 0 Å². The van der Waals surface area contributed by atoms with E-state index in [1.54, 1.807) is 0 Å². The van der Waals surface area contributed by atoms with Crippen LogP contribution in [0.4, 0.5) is 0 Å². The van der Waals surface area contributed by atoms with Crippen LogP contribution >= 0.6 is 0 Å². The predicted octanol–water partition coefficient (Wildman–Crippen LogP) is 2.52. The first-order valence-corrected chi connectivity index (χ1v) is 5.96. The Morgan fingerprint density at radius 2 is 2.12 bits per heavy atom. The second kappa shape index (κ2) is 5.14. The van der Waals surface area contributed by atoms with Gasteiger partial charge in [0, 0.05) is 19.5 Å². The third-order valence-electron chi connectivity index (χ3n) is 3.22. The number of nitrogens with zero attached hydrogens (tertiary/aromatic N) is 2. The fourth-order valence-electron chi connectivity index (χ4n) is 2.36. The molecule has 16 heavy (non-hydrogen) atoms. The highest BCUT2D eigenvalue weighted by atomic mass is 15.1. The molecule has 0 aliphatic heterocycles. The molecule has 0 N–H and O–H groups in total. The van der Waals surface area contributed by atoms with E-state index in [1.807, 2.05) is 0 Å². The molecule has 1 aromatic carbocycles. The lowest BCUT2D eigenvalue weighted by atomic mass is 10.1. The summed E-state index contributed by atoms with van der Waals surface area (Å²) in [7, 11) is 2.07. The Bertz CT molecular complexity index is 404. The highest BCUT2D eigenvalue weighted by Gasteiger charge is 2.11. The largest absolute Gasteiger partial charge is 0.301 e. The number of benzene rings is 1. The van der Waals surface area contributed by atoms with Crippen molar-refractivity contribution in [1.82, 2.24) is 4.90 Å². The van der Waals surface area contributed by atoms with Crippen LogP contribution < -0.4 is 0 Å². The Balaban J connectivity index is 1.97. The Kier molecular flexibility index (Phi) is 3.58. The van der Waals surface area contributed by atoms with Crippen LogP contribution in [0.5, 0.6) is 0 Å². The van der Waals surface area contributed by atoms with Gasteiger partial charge in [0.2, 0.25) is 0 Å². The van der Waals surface area contributed by atoms with Crippen LogP contribution in [-0.4, -0.2) is 18.5 Å². The minimum atomic E-state index is 0.613. The van der Waals surface area contributed by atoms with E-state index in [0.717, 1.165) is 13.1 Å². The van der Waals surface area contributed by atoms with Crippen LogP contribution in [-0.2, 0) is 19.4 Å². The summed E-state index contributed by atoms with van der Waals surface area (Å²) in [5.41, 5.74) is 4.44. The van der Waals surface area contributed by atoms with E-state index in [4.69, 9.17) is 5.26 Å². The molecule has 0 radical (unpaired) electrons. The molecule has 0 saturated carbocycles. The lowest BCUT2D eigenvalue weighted by Gasteiger charge is -2.15. The van der Waals surface area contributed by atoms with Crippen LogP contribution in [0.15, 0.2) is 18.2 Å². The Morgan fingerprint density at radius 3 is 2.94 bits per heavy atom. The smallest absolute Gasteiger partial charge is 0.0635 e. The maximum absolute atomic E-state index is 8.53. The summed E-state index contributed by atoms with van der Waals surface area (Å²) >= 11 is 0. The molecule has 0 aromatic heterocycles. The van der Waals surface area contributed by atoms with Crippen LogP contribution in [0.3, 0.4) is 0 Å². The highest BCUT2D eigenvalue weighted by molar-refractivity contribution is 5.35. The first kappa shape index (κ1) is 11.2. The molecule has 2 nitrogen and oxygen atoms in total. The number of hydrogen-bond acceptors (Lipinski definition) is 2. The topological polar surface area (TPSA) is 27.0 Å². The molecular weight excluding hydrogens is 196 g/mol. The molecule has 0 saturated heterocycles. The number of nitriles is 1. The molecule has 0 heterocycles. The van der Waals surface area contributed by atoms with Gasteiger partial charge in [0.05, 0.1) is 6.07 Å². The maximum Gasteiger partial charge on any atom is 0.0635 e. The zero-order valence-corrected chi connectivity index (χ0v) is 9.87. The third kappa shape index (κ3) is 2.62. The normalized spacial score (nSPS) is 13.8. The average molecular weight is 214 g/mol. The number of hydrogen-bond donors (Lipinski definition) is 0. The SMILES string of the molecule is CN(CCC#N)Cc1ccc2c(c1)CCC2. The zero-order valence-electron chi connectivity index (χ0n) is 9.87. The summed E-state index contributed by atoms with van der Waals surface area (Å²) in [4.78, 5) is 2.21. The van der Waals surface area contributed by atoms with Crippen LogP contribution in [0.2, 0.25) is 0 Å². The van der Waals surface area contributed by atoms with E-state index in [-0.39, 0.29) is 0 Å². The summed E-state index contributed by atoms with van der Waals surface area (Å²) in [5, 5.41) is 8.53. The second-order valence-electron chi connectivity index (χ2n) is 4.60. The predicted molar refractivity (Wildman–Crippen MR) is 65.0 cm³/mol. The van der Waals surface area contributed by atoms with Gasteiger partial charge in [-0.1, -0.05) is 18.2 Å². The van der Waals surface area contributed by atoms with Gasteiger partial charge >= 0.3 is 0 Å². The van der Waals surface area contributed by atoms with Crippen molar-refractivity contribution in [2.75, 3.05) is 13.6 Å². The van der Waals surface area contributed by atoms with Crippen molar-refractivity contribution in [1.29, 1.82) is 5.26 Å². The monoisotopic (exact) mass is 214 g/mol. The lowest BCUT2D eigenvalue weighted by Crippen LogP contribution is -2.18. The minimum Gasteiger partial charge on any atom is -0.301 e. The van der Waals surface area contributed by atoms with Crippen LogP contribution in [0, 0.1) is 11.3 Å². The molecule has 0 fully saturated rings. The van der Waals surface area contributed by atoms with Gasteiger partial charge < -0.3 is 4.90 Å². The van der Waals surface area contributed by atoms with Gasteiger partial charge in [-0.05, 0) is 43.0 Å². The average Bonchev–Trinajstić information content (AvgIpc) is 2.73. The molecule has 2 rings (SSSR count). The summed E-state index contributed by atoms with van der Waals surface area (Å²) in [5.74, 6) is 0. The van der Waals surface area contributed by atoms with E-state index < -0.39 is 0 Å². The number of rotatable bonds is 4. The van der Waals surface area contributed by atoms with E-state index in [0.29, 0.717) is 6.42 Å². The molecule has 0 bridgehead atoms. The van der Waals surface area contributed by atoms with Gasteiger partial charge in [-0.2, -0.15) is 5.26 Å². The molecule has 1 aromatic rings. The van der Waals surface area contributed by atoms with Gasteiger partial charge in [-0.25, -0.2) is 0 Å². The van der Waals surface area contributed by atoms with Crippen molar-refractivity contribution in [3.63, 3.8) is 0 Å². The first-order valence-electron chi connectivity index (χ1n) is 5.96. The molecule has 0 atom stereocenters. The maximum atomic E-state index is 8.53. The molecule has 1 aliphatic rings. The standard InChI is InChI=1S/C14H18N2/c1-16(9-3-8-15)11-12-6-7-13-4-2-5-14(13)10-12/h6-7,10H,2-5,9,11H2,1H3. The quantitative estimate of drug-likeness (QED) is 0.770. The summed E-state index contributed by atoms with van der Waals surface area (Å²) in [6.45, 7) is 1.81. The van der Waals surface area contributed by atoms with Gasteiger partial charge in [-0.15, -0.1) is 0 Å². The van der Waals surface area contributed by atoms with E-state index in [9.17, 15) is 0 Å². The van der Waals surface area contributed by atoms with Crippen molar-refractivity contribution < 1.29 is 0 Å². The molecule has 0 unspecified atom stereocenters. The van der Waals surface area contributed by atoms with Crippen molar-refractivity contribution in [3.05, 3.63) is 34.9 Å². The van der Waals surface area contributed by atoms with Crippen molar-refractivity contribution in [3.8, 4) is 6.07 Å². The van der Waals surface area contributed by atoms with E-state index >= 15 is 0 Å². The third-order valence-corrected chi connectivity index (χ3v) is 3.22. The lowest BCUT2D eigenvalue weighted by molar-refractivity contribution is 0.335. The molecule has 1 aliphatic carbocycles. The van der Waals surface area contributed by atoms with Crippen LogP contribution in [0.1, 0.15) is 29.5 Å². The second-order valence-corrected chi connectivity index (χ2v) is 4.60. The highest BCUT2D eigenvalue weighted by Crippen LogP contribution is 2.23. The molecule has 84 valence electrons. The van der Waals surface area contributed by atoms with Crippen molar-refractivity contribution >= 4 is 0 Å². The van der Waals surface area contributed by atoms with E-state index in [2.05, 4.69) is 36.2 Å². The number of aryl methyl sites for hydroxylation is 2. The van der Waals surface area contributed by atoms with Gasteiger partial charge in [0.15, 0.2) is 0 Å². The Hall–Kier alpha value is -1.33. The Labute approximate surface area is 97.5 Å². The Morgan fingerprint density at radius 1 is 1.31 bits per heavy atom. The molecule has 0 amide bonds. The summed E-state index contributed by atoms with van der Waals surface area (Å²) in [6, 6.07) is 9.03. The molecular formula is C14H18N2. The zero-order chi connectivity index (χ0) is 11.4. The minimum absolute atomic E-state index is 0.613. The van der Waals surface area contributed by atoms with Crippen LogP contribution in [0.25, 0.3) is 0 Å². The van der Waals surface area contributed by atoms with Gasteiger partial charge in [0.25, 0.3) is 0 Å². The molecule has 2 heteroatoms. The summed E-state index contributed by atoms with van der Waals surface area (Å²) < 4.78 is 0. The van der Waals surface area contributed by atoms with Gasteiger partial charge in [-0.3, -0.25) is 0 Å². The van der Waals surface area contributed by atoms with Gasteiger partial charge in [0.1, 0.15) is 0 Å². The fourth-order valence-corrected chi connectivity index (χ4v) is 2.36. The number of fused-ring (bicyclic) bond motifs is 1. The van der Waals surface area contributed by atoms with E-state index in [1.165, 1.54) is 36.0 Å². The molecule has 0 spiro atoms. The fraction of sp³-hybridized carbons (Fsp3) is 0.500. The summed E-state index contributed by atoms with van der Waals surface area (Å²) in [6.07, 6.45) is 4.41. The first-order chi connectivity index (χ1) is 7.79.